The summed E-state index contributed by atoms with van der Waals surface area (Å²) >= 11 is 0. The Morgan fingerprint density at radius 2 is 1.31 bits per heavy atom. The van der Waals surface area contributed by atoms with Gasteiger partial charge in [0.1, 0.15) is 0 Å². The first-order valence-corrected chi connectivity index (χ1v) is 2.88. The third kappa shape index (κ3) is 7.16. The lowest BCUT2D eigenvalue weighted by molar-refractivity contribution is 0.823. The number of anilines is 1. The van der Waals surface area contributed by atoms with Crippen LogP contribution in [0.25, 0.3) is 0 Å². The third-order valence-corrected chi connectivity index (χ3v) is 1.18. The maximum Gasteiger partial charge on any atom is 0.0391 e. The highest BCUT2D eigenvalue weighted by atomic mass is 16.0. The van der Waals surface area contributed by atoms with E-state index in [-0.39, 0.29) is 21.9 Å². The van der Waals surface area contributed by atoms with Crippen molar-refractivity contribution in [2.24, 2.45) is 0 Å². The summed E-state index contributed by atoms with van der Waals surface area (Å²) in [6.07, 6.45) is 3.57. The highest BCUT2D eigenvalue weighted by molar-refractivity contribution is 5.42. The summed E-state index contributed by atoms with van der Waals surface area (Å²) < 4.78 is 0. The van der Waals surface area contributed by atoms with Crippen LogP contribution in [0.5, 0.6) is 0 Å². The van der Waals surface area contributed by atoms with Crippen LogP contribution in [0.15, 0.2) is 24.5 Å². The minimum Gasteiger partial charge on any atom is -0.412 e. The molecule has 1 aromatic rings. The first kappa shape index (κ1) is 22.6. The average molecular weight is 194 g/mol. The molecule has 13 heavy (non-hydrogen) atoms. The minimum atomic E-state index is 0. The highest BCUT2D eigenvalue weighted by Crippen LogP contribution is 2.05. The minimum absolute atomic E-state index is 0. The summed E-state index contributed by atoms with van der Waals surface area (Å²) in [5, 5.41) is 0. The van der Waals surface area contributed by atoms with Gasteiger partial charge in [0, 0.05) is 32.2 Å². The Balaban J connectivity index is -0.000000101. The third-order valence-electron chi connectivity index (χ3n) is 1.18. The van der Waals surface area contributed by atoms with Gasteiger partial charge in [-0.25, -0.2) is 0 Å². The van der Waals surface area contributed by atoms with E-state index in [0.29, 0.717) is 0 Å². The Kier molecular flexibility index (Phi) is 18.8. The second kappa shape index (κ2) is 10.8. The van der Waals surface area contributed by atoms with Crippen molar-refractivity contribution in [1.82, 2.24) is 4.98 Å². The molecule has 0 fully saturated rings. The van der Waals surface area contributed by atoms with E-state index in [1.54, 1.807) is 12.4 Å². The normalized spacial score (nSPS) is 6.31. The Hall–Kier alpha value is -1.21. The fourth-order valence-corrected chi connectivity index (χ4v) is 0.642. The fraction of sp³-hybridized carbons (Fsp3) is 0.286. The van der Waals surface area contributed by atoms with Crippen molar-refractivity contribution in [3.05, 3.63) is 24.5 Å². The van der Waals surface area contributed by atoms with E-state index >= 15 is 0 Å². The van der Waals surface area contributed by atoms with Gasteiger partial charge >= 0.3 is 0 Å². The van der Waals surface area contributed by atoms with Crippen molar-refractivity contribution in [2.75, 3.05) is 19.0 Å². The van der Waals surface area contributed by atoms with Gasteiger partial charge in [-0.1, -0.05) is 0 Å². The Labute approximate surface area is 77.1 Å². The average Bonchev–Trinajstić information content (AvgIpc) is 1.90. The zero-order valence-corrected chi connectivity index (χ0v) is 7.70. The zero-order chi connectivity index (χ0) is 6.69. The van der Waals surface area contributed by atoms with Crippen LogP contribution < -0.4 is 4.90 Å². The van der Waals surface area contributed by atoms with E-state index < -0.39 is 0 Å². The summed E-state index contributed by atoms with van der Waals surface area (Å²) in [5.41, 5.74) is 1.19. The molecule has 0 aliphatic heterocycles. The molecule has 0 saturated heterocycles. The predicted molar refractivity (Wildman–Crippen MR) is 53.0 cm³/mol. The van der Waals surface area contributed by atoms with Gasteiger partial charge in [-0.15, -0.1) is 0 Å². The molecule has 0 unspecified atom stereocenters. The van der Waals surface area contributed by atoms with Crippen LogP contribution in [-0.4, -0.2) is 41.0 Å². The van der Waals surface area contributed by atoms with Crippen molar-refractivity contribution in [3.63, 3.8) is 0 Å². The summed E-state index contributed by atoms with van der Waals surface area (Å²) in [6.45, 7) is 0. The number of hydrogen-bond acceptors (Lipinski definition) is 2. The Morgan fingerprint density at radius 1 is 0.923 bits per heavy atom. The van der Waals surface area contributed by atoms with Crippen molar-refractivity contribution in [1.29, 1.82) is 0 Å². The lowest BCUT2D eigenvalue weighted by Crippen LogP contribution is -2.07. The molecule has 8 N–H and O–H groups in total. The summed E-state index contributed by atoms with van der Waals surface area (Å²) in [5.74, 6) is 0. The van der Waals surface area contributed by atoms with E-state index in [1.807, 2.05) is 31.1 Å². The predicted octanol–water partition coefficient (Wildman–Crippen LogP) is -2.15. The second-order valence-corrected chi connectivity index (χ2v) is 2.10. The van der Waals surface area contributed by atoms with E-state index in [4.69, 9.17) is 0 Å². The van der Waals surface area contributed by atoms with Crippen LogP contribution in [0.3, 0.4) is 0 Å². The van der Waals surface area contributed by atoms with Crippen LogP contribution in [-0.2, 0) is 0 Å². The molecule has 0 saturated carbocycles. The second-order valence-electron chi connectivity index (χ2n) is 2.10. The lowest BCUT2D eigenvalue weighted by Gasteiger charge is -2.10. The first-order chi connectivity index (χ1) is 4.30. The lowest BCUT2D eigenvalue weighted by atomic mass is 10.4. The smallest absolute Gasteiger partial charge is 0.0391 e. The van der Waals surface area contributed by atoms with Crippen LogP contribution in [0, 0.1) is 0 Å². The maximum absolute atomic E-state index is 3.90. The molecule has 1 aromatic heterocycles. The van der Waals surface area contributed by atoms with Crippen LogP contribution in [0.4, 0.5) is 5.69 Å². The summed E-state index contributed by atoms with van der Waals surface area (Å²) in [7, 11) is 4.02. The quantitative estimate of drug-likeness (QED) is 0.502. The van der Waals surface area contributed by atoms with E-state index in [9.17, 15) is 0 Å². The van der Waals surface area contributed by atoms with E-state index in [1.165, 1.54) is 5.69 Å². The van der Waals surface area contributed by atoms with Gasteiger partial charge in [0.15, 0.2) is 0 Å². The van der Waals surface area contributed by atoms with Gasteiger partial charge in [-0.05, 0) is 12.1 Å². The highest BCUT2D eigenvalue weighted by Gasteiger charge is 1.88. The zero-order valence-electron chi connectivity index (χ0n) is 7.70. The standard InChI is InChI=1S/C7H10N2.4H2O/c1-9(2)7-3-5-8-6-4-7;;;;/h3-6H,1-2H3;4*1H2. The fourth-order valence-electron chi connectivity index (χ4n) is 0.642. The van der Waals surface area contributed by atoms with Crippen LogP contribution in [0.1, 0.15) is 0 Å². The molecule has 0 aromatic carbocycles. The van der Waals surface area contributed by atoms with Gasteiger partial charge in [0.25, 0.3) is 0 Å². The number of hydrogen-bond donors (Lipinski definition) is 0. The van der Waals surface area contributed by atoms with E-state index in [2.05, 4.69) is 4.98 Å². The van der Waals surface area contributed by atoms with Gasteiger partial charge in [-0.3, -0.25) is 4.98 Å². The molecule has 0 atom stereocenters. The molecule has 0 aliphatic rings. The molecular formula is C7H18N2O4. The Morgan fingerprint density at radius 3 is 1.54 bits per heavy atom. The number of pyridine rings is 1. The van der Waals surface area contributed by atoms with Crippen molar-refractivity contribution in [2.45, 2.75) is 0 Å². The molecular weight excluding hydrogens is 176 g/mol. The summed E-state index contributed by atoms with van der Waals surface area (Å²) in [4.78, 5) is 5.94. The molecule has 0 radical (unpaired) electrons. The van der Waals surface area contributed by atoms with E-state index in [0.717, 1.165) is 0 Å². The number of nitrogens with zero attached hydrogens (tertiary/aromatic N) is 2. The van der Waals surface area contributed by atoms with Crippen LogP contribution in [0.2, 0.25) is 0 Å². The number of aromatic nitrogens is 1. The SMILES string of the molecule is CN(C)c1ccncc1.O.O.O.O. The molecule has 6 heteroatoms. The number of rotatable bonds is 1. The molecule has 0 amide bonds. The molecule has 1 heterocycles. The van der Waals surface area contributed by atoms with Crippen molar-refractivity contribution >= 4 is 5.69 Å². The van der Waals surface area contributed by atoms with Gasteiger partial charge in [0.05, 0.1) is 0 Å². The molecule has 0 spiro atoms. The molecule has 6 nitrogen and oxygen atoms in total. The van der Waals surface area contributed by atoms with Gasteiger partial charge in [0.2, 0.25) is 0 Å². The van der Waals surface area contributed by atoms with Crippen molar-refractivity contribution < 1.29 is 21.9 Å². The summed E-state index contributed by atoms with van der Waals surface area (Å²) in [6, 6.07) is 3.94. The molecule has 1 rings (SSSR count). The monoisotopic (exact) mass is 194 g/mol. The molecule has 0 bridgehead atoms. The van der Waals surface area contributed by atoms with Crippen molar-refractivity contribution in [3.8, 4) is 0 Å². The maximum atomic E-state index is 3.90. The molecule has 0 aliphatic carbocycles. The largest absolute Gasteiger partial charge is 0.412 e. The first-order valence-electron chi connectivity index (χ1n) is 2.88. The van der Waals surface area contributed by atoms with Gasteiger partial charge < -0.3 is 26.8 Å². The van der Waals surface area contributed by atoms with Gasteiger partial charge in [-0.2, -0.15) is 0 Å². The molecule has 80 valence electrons. The topological polar surface area (TPSA) is 142 Å². The Bertz CT molecular complexity index is 181. The van der Waals surface area contributed by atoms with Crippen LogP contribution >= 0.6 is 0 Å².